The highest BCUT2D eigenvalue weighted by Gasteiger charge is 2.35. The molecule has 0 aliphatic heterocycles. The number of hydrogen-bond donors (Lipinski definition) is 1. The van der Waals surface area contributed by atoms with Gasteiger partial charge in [-0.15, -0.1) is 10.2 Å². The Morgan fingerprint density at radius 1 is 0.950 bits per heavy atom. The smallest absolute Gasteiger partial charge is 0.243 e. The maximum absolute atomic E-state index is 13.8. The average molecular weight is 570 g/mol. The van der Waals surface area contributed by atoms with Gasteiger partial charge in [0.1, 0.15) is 34.2 Å². The highest BCUT2D eigenvalue weighted by Crippen LogP contribution is 2.38. The maximum Gasteiger partial charge on any atom is 0.243 e. The Bertz CT molecular complexity index is 1540. The predicted molar refractivity (Wildman–Crippen MR) is 147 cm³/mol. The zero-order valence-corrected chi connectivity index (χ0v) is 23.8. The molecule has 212 valence electrons. The van der Waals surface area contributed by atoms with Gasteiger partial charge in [0.25, 0.3) is 0 Å². The Labute approximate surface area is 232 Å². The fourth-order valence-corrected chi connectivity index (χ4v) is 5.12. The number of sulfonamides is 1. The molecule has 0 spiro atoms. The van der Waals surface area contributed by atoms with Crippen LogP contribution in [-0.4, -0.2) is 71.3 Å². The quantitative estimate of drug-likeness (QED) is 0.267. The number of pyridine rings is 1. The van der Waals surface area contributed by atoms with Crippen LogP contribution in [0.3, 0.4) is 0 Å². The van der Waals surface area contributed by atoms with Crippen LogP contribution in [0.5, 0.6) is 17.4 Å². The molecule has 3 heterocycles. The van der Waals surface area contributed by atoms with Crippen LogP contribution in [0.1, 0.15) is 31.3 Å². The Kier molecular flexibility index (Phi) is 8.80. The molecule has 0 amide bonds. The van der Waals surface area contributed by atoms with Crippen molar-refractivity contribution in [1.82, 2.24) is 29.7 Å². The van der Waals surface area contributed by atoms with Crippen molar-refractivity contribution in [3.63, 3.8) is 0 Å². The highest BCUT2D eigenvalue weighted by molar-refractivity contribution is 7.93. The topological polar surface area (TPSA) is 152 Å². The van der Waals surface area contributed by atoms with Gasteiger partial charge in [0.05, 0.1) is 38.9 Å². The number of nitrogens with zero attached hydrogens (tertiary/aromatic N) is 6. The number of aromatic nitrogens is 6. The molecule has 13 nitrogen and oxygen atoms in total. The van der Waals surface area contributed by atoms with Crippen LogP contribution in [0.2, 0.25) is 0 Å². The molecular weight excluding hydrogens is 538 g/mol. The number of anilines is 1. The Morgan fingerprint density at radius 3 is 2.25 bits per heavy atom. The highest BCUT2D eigenvalue weighted by atomic mass is 32.2. The lowest BCUT2D eigenvalue weighted by Crippen LogP contribution is -2.33. The molecule has 4 rings (SSSR count). The van der Waals surface area contributed by atoms with E-state index in [1.54, 1.807) is 56.4 Å². The lowest BCUT2D eigenvalue weighted by molar-refractivity contribution is 0.0588. The number of ether oxygens (including phenoxy) is 4. The van der Waals surface area contributed by atoms with Crippen LogP contribution < -0.4 is 18.9 Å². The molecule has 14 heteroatoms. The van der Waals surface area contributed by atoms with Gasteiger partial charge in [0, 0.05) is 18.9 Å². The summed E-state index contributed by atoms with van der Waals surface area (Å²) in [6.45, 7) is 5.36. The van der Waals surface area contributed by atoms with Gasteiger partial charge in [-0.05, 0) is 39.0 Å². The summed E-state index contributed by atoms with van der Waals surface area (Å²) in [6, 6.07) is 10.3. The van der Waals surface area contributed by atoms with E-state index in [2.05, 4.69) is 29.9 Å². The molecule has 0 saturated heterocycles. The number of aryl methyl sites for hydroxylation is 1. The van der Waals surface area contributed by atoms with Gasteiger partial charge in [-0.25, -0.2) is 13.4 Å². The van der Waals surface area contributed by atoms with E-state index in [1.807, 2.05) is 0 Å². The zero-order valence-electron chi connectivity index (χ0n) is 23.0. The van der Waals surface area contributed by atoms with Crippen LogP contribution in [0.4, 0.5) is 5.95 Å². The Morgan fingerprint density at radius 2 is 1.65 bits per heavy atom. The maximum atomic E-state index is 13.8. The first-order valence-electron chi connectivity index (χ1n) is 12.3. The molecule has 40 heavy (non-hydrogen) atoms. The number of rotatable bonds is 12. The minimum absolute atomic E-state index is 0.112. The molecule has 0 fully saturated rings. The molecule has 0 radical (unpaired) electrons. The molecule has 1 N–H and O–H groups in total. The van der Waals surface area contributed by atoms with Gasteiger partial charge in [-0.2, -0.15) is 0 Å². The van der Waals surface area contributed by atoms with Crippen molar-refractivity contribution < 1.29 is 27.4 Å². The molecule has 0 bridgehead atoms. The number of nitrogens with one attached hydrogen (secondary N) is 1. The van der Waals surface area contributed by atoms with Crippen molar-refractivity contribution in [3.8, 4) is 34.6 Å². The molecule has 0 saturated carbocycles. The summed E-state index contributed by atoms with van der Waals surface area (Å²) in [7, 11) is 0.344. The fourth-order valence-electron chi connectivity index (χ4n) is 4.01. The van der Waals surface area contributed by atoms with Crippen LogP contribution >= 0.6 is 0 Å². The lowest BCUT2D eigenvalue weighted by atomic mass is 10.2. The van der Waals surface area contributed by atoms with Gasteiger partial charge in [0.15, 0.2) is 5.82 Å². The molecule has 4 aromatic rings. The molecule has 0 unspecified atom stereocenters. The standard InChI is InChI=1S/C26H31N7O6S/c1-7-39-24(19-15-27-16(2)14-28-19)17(3)40(34,35)32-26-31-30-25(18-10-8-13-22(29-18)38-6)33(26)23-20(36-4)11-9-12-21(23)37-5/h8-15,17,24H,7H2,1-6H3,(H,31,32)/t17-,24-/m0/s1. The molecule has 3 aromatic heterocycles. The van der Waals surface area contributed by atoms with Crippen LogP contribution in [-0.2, 0) is 14.8 Å². The van der Waals surface area contributed by atoms with Crippen molar-refractivity contribution in [1.29, 1.82) is 0 Å². The number of benzene rings is 1. The van der Waals surface area contributed by atoms with Crippen molar-refractivity contribution in [2.75, 3.05) is 32.7 Å². The number of methoxy groups -OCH3 is 3. The van der Waals surface area contributed by atoms with Gasteiger partial charge in [0.2, 0.25) is 21.9 Å². The second-order valence-corrected chi connectivity index (χ2v) is 10.6. The zero-order chi connectivity index (χ0) is 28.9. The van der Waals surface area contributed by atoms with Gasteiger partial charge >= 0.3 is 0 Å². The summed E-state index contributed by atoms with van der Waals surface area (Å²) in [4.78, 5) is 13.1. The van der Waals surface area contributed by atoms with Crippen molar-refractivity contribution in [2.45, 2.75) is 32.1 Å². The van der Waals surface area contributed by atoms with Gasteiger partial charge < -0.3 is 18.9 Å². The van der Waals surface area contributed by atoms with Crippen molar-refractivity contribution >= 4 is 16.0 Å². The summed E-state index contributed by atoms with van der Waals surface area (Å²) in [5.41, 5.74) is 1.83. The van der Waals surface area contributed by atoms with Gasteiger partial charge in [-0.3, -0.25) is 19.3 Å². The summed E-state index contributed by atoms with van der Waals surface area (Å²) in [5, 5.41) is 7.39. The lowest BCUT2D eigenvalue weighted by Gasteiger charge is -2.24. The summed E-state index contributed by atoms with van der Waals surface area (Å²) >= 11 is 0. The average Bonchev–Trinajstić information content (AvgIpc) is 3.37. The third kappa shape index (κ3) is 5.82. The summed E-state index contributed by atoms with van der Waals surface area (Å²) in [5.74, 6) is 1.23. The summed E-state index contributed by atoms with van der Waals surface area (Å²) in [6.07, 6.45) is 2.18. The third-order valence-corrected chi connectivity index (χ3v) is 7.73. The fraction of sp³-hybridized carbons (Fsp3) is 0.346. The predicted octanol–water partition coefficient (Wildman–Crippen LogP) is 3.36. The molecule has 0 aliphatic carbocycles. The minimum Gasteiger partial charge on any atom is -0.494 e. The number of hydrogen-bond acceptors (Lipinski definition) is 11. The summed E-state index contributed by atoms with van der Waals surface area (Å²) < 4.78 is 53.9. The minimum atomic E-state index is -4.14. The van der Waals surface area contributed by atoms with Crippen molar-refractivity contribution in [3.05, 3.63) is 60.2 Å². The molecular formula is C26H31N7O6S. The first-order valence-corrected chi connectivity index (χ1v) is 13.9. The van der Waals surface area contributed by atoms with E-state index in [4.69, 9.17) is 18.9 Å². The van der Waals surface area contributed by atoms with E-state index in [1.165, 1.54) is 39.0 Å². The Balaban J connectivity index is 1.85. The Hall–Kier alpha value is -4.30. The van der Waals surface area contributed by atoms with E-state index >= 15 is 0 Å². The van der Waals surface area contributed by atoms with E-state index in [-0.39, 0.29) is 18.4 Å². The van der Waals surface area contributed by atoms with Crippen LogP contribution in [0.25, 0.3) is 17.2 Å². The second-order valence-electron chi connectivity index (χ2n) is 8.57. The first kappa shape index (κ1) is 28.7. The second kappa shape index (κ2) is 12.3. The van der Waals surface area contributed by atoms with Crippen LogP contribution in [0.15, 0.2) is 48.8 Å². The first-order chi connectivity index (χ1) is 19.2. The molecule has 0 aliphatic rings. The monoisotopic (exact) mass is 569 g/mol. The van der Waals surface area contributed by atoms with E-state index < -0.39 is 21.4 Å². The van der Waals surface area contributed by atoms with E-state index in [0.717, 1.165) is 0 Å². The van der Waals surface area contributed by atoms with Crippen molar-refractivity contribution in [2.24, 2.45) is 0 Å². The molecule has 1 aromatic carbocycles. The van der Waals surface area contributed by atoms with Crippen LogP contribution in [0, 0.1) is 6.92 Å². The SMILES string of the molecule is CCO[C@H](c1cnc(C)cn1)[C@H](C)S(=O)(=O)Nc1nnc(-c2cccc(OC)n2)n1-c1c(OC)cccc1OC. The number of para-hydroxylation sites is 1. The van der Waals surface area contributed by atoms with Gasteiger partial charge in [-0.1, -0.05) is 12.1 Å². The molecule has 2 atom stereocenters. The third-order valence-electron chi connectivity index (χ3n) is 6.04. The van der Waals surface area contributed by atoms with E-state index in [9.17, 15) is 8.42 Å². The largest absolute Gasteiger partial charge is 0.494 e. The van der Waals surface area contributed by atoms with E-state index in [0.29, 0.717) is 40.1 Å². The normalized spacial score (nSPS) is 12.9.